The molecule has 1 heterocycles. The molecule has 0 spiro atoms. The molecule has 7 nitrogen and oxygen atoms in total. The molecule has 23 heavy (non-hydrogen) atoms. The Morgan fingerprint density at radius 3 is 2.65 bits per heavy atom. The first-order valence-corrected chi connectivity index (χ1v) is 7.61. The van der Waals surface area contributed by atoms with E-state index in [1.54, 1.807) is 12.1 Å². The number of nitrogens with one attached hydrogen (secondary N) is 3. The zero-order valence-corrected chi connectivity index (χ0v) is 13.7. The molecule has 1 fully saturated rings. The van der Waals surface area contributed by atoms with Crippen LogP contribution in [0, 0.1) is 16.0 Å². The van der Waals surface area contributed by atoms with E-state index in [0.717, 1.165) is 31.6 Å². The van der Waals surface area contributed by atoms with Crippen molar-refractivity contribution in [2.75, 3.05) is 31.5 Å². The quantitative estimate of drug-likeness (QED) is 0.381. The molecule has 0 bridgehead atoms. The van der Waals surface area contributed by atoms with Crippen LogP contribution in [0.3, 0.4) is 0 Å². The number of benzene rings is 1. The van der Waals surface area contributed by atoms with E-state index >= 15 is 0 Å². The highest BCUT2D eigenvalue weighted by molar-refractivity contribution is 5.85. The van der Waals surface area contributed by atoms with Gasteiger partial charge in [0.15, 0.2) is 0 Å². The predicted octanol–water partition coefficient (Wildman–Crippen LogP) is 1.93. The highest BCUT2D eigenvalue weighted by Crippen LogP contribution is 2.15. The van der Waals surface area contributed by atoms with Gasteiger partial charge in [-0.05, 0) is 44.0 Å². The van der Waals surface area contributed by atoms with Crippen molar-refractivity contribution in [3.8, 4) is 0 Å². The van der Waals surface area contributed by atoms with Crippen molar-refractivity contribution in [1.82, 2.24) is 10.6 Å². The van der Waals surface area contributed by atoms with Crippen LogP contribution < -0.4 is 16.0 Å². The zero-order chi connectivity index (χ0) is 15.8. The molecule has 128 valence electrons. The van der Waals surface area contributed by atoms with E-state index in [1.165, 1.54) is 12.1 Å². The summed E-state index contributed by atoms with van der Waals surface area (Å²) in [4.78, 5) is 21.8. The van der Waals surface area contributed by atoms with Gasteiger partial charge in [0.2, 0.25) is 5.91 Å². The lowest BCUT2D eigenvalue weighted by Gasteiger charge is -2.10. The molecule has 0 aromatic heterocycles. The van der Waals surface area contributed by atoms with Crippen LogP contribution in [0.2, 0.25) is 0 Å². The van der Waals surface area contributed by atoms with Crippen molar-refractivity contribution in [1.29, 1.82) is 0 Å². The van der Waals surface area contributed by atoms with Crippen LogP contribution in [0.4, 0.5) is 11.4 Å². The van der Waals surface area contributed by atoms with Gasteiger partial charge in [0.1, 0.15) is 0 Å². The Balaban J connectivity index is 0.00000264. The average molecular weight is 343 g/mol. The Hall–Kier alpha value is -1.86. The van der Waals surface area contributed by atoms with Gasteiger partial charge in [-0.3, -0.25) is 14.9 Å². The summed E-state index contributed by atoms with van der Waals surface area (Å²) in [6, 6.07) is 6.23. The maximum absolute atomic E-state index is 11.7. The fourth-order valence-electron chi connectivity index (χ4n) is 2.49. The molecule has 0 radical (unpaired) electrons. The number of halogens is 1. The molecule has 3 N–H and O–H groups in total. The molecule has 1 unspecified atom stereocenters. The van der Waals surface area contributed by atoms with Crippen LogP contribution in [0.25, 0.3) is 0 Å². The van der Waals surface area contributed by atoms with Crippen LogP contribution in [-0.2, 0) is 4.79 Å². The minimum absolute atomic E-state index is 0. The van der Waals surface area contributed by atoms with Gasteiger partial charge in [0.25, 0.3) is 5.69 Å². The van der Waals surface area contributed by atoms with E-state index in [4.69, 9.17) is 0 Å². The van der Waals surface area contributed by atoms with Gasteiger partial charge in [0, 0.05) is 37.3 Å². The molecule has 1 saturated heterocycles. The molecule has 1 aliphatic rings. The van der Waals surface area contributed by atoms with Crippen LogP contribution in [-0.4, -0.2) is 37.0 Å². The lowest BCUT2D eigenvalue weighted by atomic mass is 10.0. The van der Waals surface area contributed by atoms with E-state index in [2.05, 4.69) is 16.0 Å². The number of nitrogens with zero attached hydrogens (tertiary/aromatic N) is 1. The minimum atomic E-state index is -0.427. The fourth-order valence-corrected chi connectivity index (χ4v) is 2.49. The van der Waals surface area contributed by atoms with E-state index in [-0.39, 0.29) is 24.0 Å². The normalized spacial score (nSPS) is 16.4. The number of carbonyl (C=O) groups is 1. The Bertz CT molecular complexity index is 504. The van der Waals surface area contributed by atoms with E-state index in [9.17, 15) is 14.9 Å². The first-order chi connectivity index (χ1) is 10.6. The number of amides is 1. The van der Waals surface area contributed by atoms with Crippen molar-refractivity contribution < 1.29 is 9.72 Å². The molecular formula is C15H23ClN4O3. The van der Waals surface area contributed by atoms with Crippen molar-refractivity contribution in [3.63, 3.8) is 0 Å². The van der Waals surface area contributed by atoms with Gasteiger partial charge in [-0.25, -0.2) is 0 Å². The van der Waals surface area contributed by atoms with Crippen molar-refractivity contribution in [2.24, 2.45) is 5.92 Å². The second kappa shape index (κ2) is 10.0. The number of nitro benzene ring substituents is 1. The molecule has 0 saturated carbocycles. The highest BCUT2D eigenvalue weighted by atomic mass is 35.5. The van der Waals surface area contributed by atoms with Gasteiger partial charge in [-0.2, -0.15) is 0 Å². The third-order valence-corrected chi connectivity index (χ3v) is 3.80. The minimum Gasteiger partial charge on any atom is -0.383 e. The second-order valence-corrected chi connectivity index (χ2v) is 5.48. The first kappa shape index (κ1) is 19.2. The van der Waals surface area contributed by atoms with Crippen LogP contribution in [0.15, 0.2) is 24.3 Å². The maximum Gasteiger partial charge on any atom is 0.269 e. The van der Waals surface area contributed by atoms with Gasteiger partial charge in [-0.15, -0.1) is 12.4 Å². The van der Waals surface area contributed by atoms with Gasteiger partial charge < -0.3 is 16.0 Å². The molecule has 0 aliphatic carbocycles. The fraction of sp³-hybridized carbons (Fsp3) is 0.533. The number of hydrogen-bond acceptors (Lipinski definition) is 5. The Morgan fingerprint density at radius 1 is 1.30 bits per heavy atom. The van der Waals surface area contributed by atoms with E-state index < -0.39 is 4.92 Å². The maximum atomic E-state index is 11.7. The highest BCUT2D eigenvalue weighted by Gasteiger charge is 2.15. The molecular weight excluding hydrogens is 320 g/mol. The van der Waals surface area contributed by atoms with Crippen molar-refractivity contribution in [2.45, 2.75) is 19.3 Å². The Labute approximate surface area is 141 Å². The summed E-state index contributed by atoms with van der Waals surface area (Å²) in [6.45, 7) is 3.22. The van der Waals surface area contributed by atoms with Crippen LogP contribution in [0.5, 0.6) is 0 Å². The third kappa shape index (κ3) is 6.83. The van der Waals surface area contributed by atoms with E-state index in [0.29, 0.717) is 25.4 Å². The number of nitro groups is 1. The lowest BCUT2D eigenvalue weighted by molar-refractivity contribution is -0.384. The summed E-state index contributed by atoms with van der Waals surface area (Å²) in [6.07, 6.45) is 2.67. The summed E-state index contributed by atoms with van der Waals surface area (Å²) in [7, 11) is 0. The van der Waals surface area contributed by atoms with Gasteiger partial charge >= 0.3 is 0 Å². The topological polar surface area (TPSA) is 96.3 Å². The number of carbonyl (C=O) groups excluding carboxylic acids is 1. The van der Waals surface area contributed by atoms with Gasteiger partial charge in [-0.1, -0.05) is 0 Å². The standard InChI is InChI=1S/C15H22N4O3.ClH/c20-15(6-1-12-7-8-16-11-12)18-10-9-17-13-2-4-14(5-3-13)19(21)22;/h2-5,12,16-17H,1,6-11H2,(H,18,20);1H. The molecule has 1 aromatic carbocycles. The number of rotatable bonds is 8. The molecule has 1 amide bonds. The molecule has 1 aromatic rings. The SMILES string of the molecule is Cl.O=C(CCC1CCNC1)NCCNc1ccc([N+](=O)[O-])cc1. The summed E-state index contributed by atoms with van der Waals surface area (Å²) < 4.78 is 0. The smallest absolute Gasteiger partial charge is 0.269 e. The summed E-state index contributed by atoms with van der Waals surface area (Å²) in [5, 5.41) is 19.8. The summed E-state index contributed by atoms with van der Waals surface area (Å²) in [5.41, 5.74) is 0.872. The number of hydrogen-bond donors (Lipinski definition) is 3. The van der Waals surface area contributed by atoms with Crippen molar-refractivity contribution >= 4 is 29.7 Å². The van der Waals surface area contributed by atoms with Crippen LogP contribution >= 0.6 is 12.4 Å². The average Bonchev–Trinajstić information content (AvgIpc) is 3.03. The summed E-state index contributed by atoms with van der Waals surface area (Å²) in [5.74, 6) is 0.710. The monoisotopic (exact) mass is 342 g/mol. The third-order valence-electron chi connectivity index (χ3n) is 3.80. The molecule has 8 heteroatoms. The molecule has 1 atom stereocenters. The van der Waals surface area contributed by atoms with Crippen LogP contribution in [0.1, 0.15) is 19.3 Å². The second-order valence-electron chi connectivity index (χ2n) is 5.48. The van der Waals surface area contributed by atoms with Gasteiger partial charge in [0.05, 0.1) is 4.92 Å². The Morgan fingerprint density at radius 2 is 2.04 bits per heavy atom. The molecule has 2 rings (SSSR count). The number of anilines is 1. The molecule has 1 aliphatic heterocycles. The lowest BCUT2D eigenvalue weighted by Crippen LogP contribution is -2.29. The number of non-ortho nitro benzene ring substituents is 1. The predicted molar refractivity (Wildman–Crippen MR) is 92.1 cm³/mol. The summed E-state index contributed by atoms with van der Waals surface area (Å²) >= 11 is 0. The largest absolute Gasteiger partial charge is 0.383 e. The zero-order valence-electron chi connectivity index (χ0n) is 12.9. The first-order valence-electron chi connectivity index (χ1n) is 7.61. The Kier molecular flexibility index (Phi) is 8.36. The van der Waals surface area contributed by atoms with Crippen molar-refractivity contribution in [3.05, 3.63) is 34.4 Å². The van der Waals surface area contributed by atoms with E-state index in [1.807, 2.05) is 0 Å².